The molecule has 0 amide bonds. The van der Waals surface area contributed by atoms with Crippen LogP contribution in [0.5, 0.6) is 0 Å². The third kappa shape index (κ3) is 6.04. The molecule has 0 bridgehead atoms. The summed E-state index contributed by atoms with van der Waals surface area (Å²) >= 11 is 0. The SMILES string of the molecule is Cc1s[s+]cc1-c1ccccc1.[O-][Cl+3]([O-])([O-])[O-]. The molecule has 0 saturated heterocycles. The number of aryl methyl sites for hydroxylation is 1. The molecule has 0 radical (unpaired) electrons. The Morgan fingerprint density at radius 1 is 1.06 bits per heavy atom. The van der Waals surface area contributed by atoms with E-state index in [1.165, 1.54) is 16.0 Å². The van der Waals surface area contributed by atoms with E-state index in [1.54, 1.807) is 10.3 Å². The molecule has 1 heterocycles. The predicted octanol–water partition coefficient (Wildman–Crippen LogP) is -0.690. The fraction of sp³-hybridized carbons (Fsp3) is 0.100. The van der Waals surface area contributed by atoms with Gasteiger partial charge in [-0.05, 0) is 12.5 Å². The highest BCUT2D eigenvalue weighted by Crippen LogP contribution is 2.30. The first-order valence-electron chi connectivity index (χ1n) is 4.42. The van der Waals surface area contributed by atoms with Crippen LogP contribution in [0.2, 0.25) is 0 Å². The van der Waals surface area contributed by atoms with Crippen LogP contribution in [0, 0.1) is 17.2 Å². The average Bonchev–Trinajstić information content (AvgIpc) is 2.63. The number of hydrogen-bond acceptors (Lipinski definition) is 5. The Kier molecular flexibility index (Phi) is 5.41. The van der Waals surface area contributed by atoms with Crippen molar-refractivity contribution in [2.45, 2.75) is 6.92 Å². The zero-order chi connectivity index (χ0) is 12.9. The topological polar surface area (TPSA) is 92.2 Å². The highest BCUT2D eigenvalue weighted by Gasteiger charge is 2.09. The van der Waals surface area contributed by atoms with Crippen molar-refractivity contribution < 1.29 is 28.9 Å². The Labute approximate surface area is 108 Å². The molecule has 0 N–H and O–H groups in total. The molecule has 0 saturated carbocycles. The van der Waals surface area contributed by atoms with Crippen molar-refractivity contribution in [3.63, 3.8) is 0 Å². The molecule has 0 fully saturated rings. The van der Waals surface area contributed by atoms with Gasteiger partial charge in [0.25, 0.3) is 10.3 Å². The lowest BCUT2D eigenvalue weighted by atomic mass is 10.1. The van der Waals surface area contributed by atoms with E-state index in [0.717, 1.165) is 0 Å². The maximum absolute atomic E-state index is 8.49. The molecule has 0 atom stereocenters. The summed E-state index contributed by atoms with van der Waals surface area (Å²) in [4.78, 5) is 1.41. The minimum Gasteiger partial charge on any atom is -0.222 e. The molecule has 0 aliphatic heterocycles. The van der Waals surface area contributed by atoms with Gasteiger partial charge in [0.05, 0.1) is 10.4 Å². The number of halogens is 1. The molecule has 7 heteroatoms. The molecule has 0 aliphatic rings. The van der Waals surface area contributed by atoms with Gasteiger partial charge in [-0.1, -0.05) is 30.3 Å². The molecule has 1 aromatic heterocycles. The van der Waals surface area contributed by atoms with Crippen molar-refractivity contribution in [1.82, 2.24) is 0 Å². The number of hydrogen-bond donors (Lipinski definition) is 0. The molecule has 2 aromatic rings. The van der Waals surface area contributed by atoms with Gasteiger partial charge in [0.1, 0.15) is 0 Å². The van der Waals surface area contributed by atoms with Crippen LogP contribution in [-0.2, 0) is 0 Å². The van der Waals surface area contributed by atoms with Crippen LogP contribution in [0.4, 0.5) is 0 Å². The summed E-state index contributed by atoms with van der Waals surface area (Å²) in [6.45, 7) is 2.17. The fourth-order valence-corrected chi connectivity index (χ4v) is 3.24. The van der Waals surface area contributed by atoms with Gasteiger partial charge in [-0.25, -0.2) is 18.6 Å². The van der Waals surface area contributed by atoms with Gasteiger partial charge < -0.3 is 0 Å². The minimum absolute atomic E-state index is 1.33. The molecule has 2 rings (SSSR count). The first kappa shape index (κ1) is 14.5. The lowest BCUT2D eigenvalue weighted by Gasteiger charge is -2.17. The van der Waals surface area contributed by atoms with Crippen molar-refractivity contribution in [3.05, 3.63) is 40.6 Å². The molecule has 0 spiro atoms. The van der Waals surface area contributed by atoms with Gasteiger partial charge in [-0.15, -0.1) is 10.2 Å². The third-order valence-corrected chi connectivity index (χ3v) is 4.03. The lowest BCUT2D eigenvalue weighted by Crippen LogP contribution is -2.68. The fourth-order valence-electron chi connectivity index (χ4n) is 1.16. The van der Waals surface area contributed by atoms with Gasteiger partial charge in [-0.2, -0.15) is 0 Å². The zero-order valence-electron chi connectivity index (χ0n) is 8.79. The molecular formula is C10H9ClO4S2. The van der Waals surface area contributed by atoms with Gasteiger partial charge in [0.2, 0.25) is 5.38 Å². The summed E-state index contributed by atoms with van der Waals surface area (Å²) in [6, 6.07) is 10.5. The van der Waals surface area contributed by atoms with Crippen LogP contribution < -0.4 is 18.6 Å². The molecule has 92 valence electrons. The van der Waals surface area contributed by atoms with Gasteiger partial charge in [-0.3, -0.25) is 0 Å². The standard InChI is InChI=1S/C10H9S2.ClHO4/c1-8-10(7-11-12-8)9-5-3-2-4-6-9;2-1(3,4)5/h2-7H,1H3;(H,2,3,4,5)/q+1;/p-1. The summed E-state index contributed by atoms with van der Waals surface area (Å²) < 4.78 is 34.0. The second-order valence-electron chi connectivity index (χ2n) is 3.01. The molecule has 4 nitrogen and oxygen atoms in total. The monoisotopic (exact) mass is 292 g/mol. The first-order chi connectivity index (χ1) is 7.88. The minimum atomic E-state index is -4.94. The number of benzene rings is 1. The maximum atomic E-state index is 8.49. The van der Waals surface area contributed by atoms with E-state index in [0.29, 0.717) is 0 Å². The van der Waals surface area contributed by atoms with E-state index in [2.05, 4.69) is 42.6 Å². The number of rotatable bonds is 1. The Bertz CT molecular complexity index is 447. The predicted molar refractivity (Wildman–Crippen MR) is 56.8 cm³/mol. The molecule has 0 unspecified atom stereocenters. The largest absolute Gasteiger partial charge is 0.292 e. The van der Waals surface area contributed by atoms with Crippen LogP contribution in [0.1, 0.15) is 4.88 Å². The maximum Gasteiger partial charge on any atom is 0.292 e. The second-order valence-corrected chi connectivity index (χ2v) is 6.05. The van der Waals surface area contributed by atoms with Gasteiger partial charge in [0.15, 0.2) is 10.3 Å². The lowest BCUT2D eigenvalue weighted by molar-refractivity contribution is -2.00. The van der Waals surface area contributed by atoms with E-state index in [9.17, 15) is 0 Å². The van der Waals surface area contributed by atoms with E-state index >= 15 is 0 Å². The van der Waals surface area contributed by atoms with E-state index < -0.39 is 10.2 Å². The second kappa shape index (κ2) is 6.36. The molecular weight excluding hydrogens is 284 g/mol. The Balaban J connectivity index is 0.000000249. The molecule has 1 aromatic carbocycles. The van der Waals surface area contributed by atoms with Crippen LogP contribution in [0.25, 0.3) is 11.1 Å². The van der Waals surface area contributed by atoms with Crippen molar-refractivity contribution in [2.75, 3.05) is 0 Å². The molecule has 0 aliphatic carbocycles. The van der Waals surface area contributed by atoms with Crippen molar-refractivity contribution in [1.29, 1.82) is 0 Å². The van der Waals surface area contributed by atoms with Gasteiger partial charge >= 0.3 is 0 Å². The summed E-state index contributed by atoms with van der Waals surface area (Å²) in [5.74, 6) is 0. The molecule has 17 heavy (non-hydrogen) atoms. The van der Waals surface area contributed by atoms with Crippen LogP contribution in [0.15, 0.2) is 35.7 Å². The zero-order valence-corrected chi connectivity index (χ0v) is 11.2. The van der Waals surface area contributed by atoms with E-state index in [-0.39, 0.29) is 0 Å². The highest BCUT2D eigenvalue weighted by atomic mass is 35.7. The van der Waals surface area contributed by atoms with E-state index in [4.69, 9.17) is 18.6 Å². The highest BCUT2D eigenvalue weighted by molar-refractivity contribution is 7.69. The average molecular weight is 293 g/mol. The quantitative estimate of drug-likeness (QED) is 0.514. The Morgan fingerprint density at radius 2 is 1.59 bits per heavy atom. The van der Waals surface area contributed by atoms with Crippen molar-refractivity contribution in [2.24, 2.45) is 0 Å². The van der Waals surface area contributed by atoms with Crippen LogP contribution in [0.3, 0.4) is 0 Å². The van der Waals surface area contributed by atoms with Crippen molar-refractivity contribution >= 4 is 20.7 Å². The smallest absolute Gasteiger partial charge is 0.222 e. The Hall–Kier alpha value is -0.600. The van der Waals surface area contributed by atoms with E-state index in [1.807, 2.05) is 10.3 Å². The third-order valence-electron chi connectivity index (χ3n) is 1.80. The summed E-state index contributed by atoms with van der Waals surface area (Å²) in [6.07, 6.45) is 0. The van der Waals surface area contributed by atoms with Crippen LogP contribution >= 0.6 is 20.7 Å². The Morgan fingerprint density at radius 3 is 2.00 bits per heavy atom. The van der Waals surface area contributed by atoms with Crippen molar-refractivity contribution in [3.8, 4) is 11.1 Å². The summed E-state index contributed by atoms with van der Waals surface area (Å²) in [5.41, 5.74) is 2.71. The summed E-state index contributed by atoms with van der Waals surface area (Å²) in [7, 11) is -1.30. The normalized spacial score (nSPS) is 10.6. The summed E-state index contributed by atoms with van der Waals surface area (Å²) in [5, 5.41) is 2.22. The van der Waals surface area contributed by atoms with Crippen LogP contribution in [-0.4, -0.2) is 0 Å². The van der Waals surface area contributed by atoms with Gasteiger partial charge in [0, 0.05) is 0 Å². The first-order valence-corrected chi connectivity index (χ1v) is 7.87.